The first-order chi connectivity index (χ1) is 14.4. The Hall–Kier alpha value is -3.00. The molecule has 0 saturated carbocycles. The molecule has 0 spiro atoms. The number of carbonyl (C=O) groups excluding carboxylic acids is 2. The second kappa shape index (κ2) is 9.67. The van der Waals surface area contributed by atoms with Crippen LogP contribution in [-0.4, -0.2) is 56.0 Å². The molecule has 1 aliphatic rings. The van der Waals surface area contributed by atoms with E-state index in [1.54, 1.807) is 0 Å². The Morgan fingerprint density at radius 1 is 1.03 bits per heavy atom. The lowest BCUT2D eigenvalue weighted by Crippen LogP contribution is -2.46. The summed E-state index contributed by atoms with van der Waals surface area (Å²) < 4.78 is 26.6. The van der Waals surface area contributed by atoms with Gasteiger partial charge in [0.05, 0.1) is 12.1 Å². The highest BCUT2D eigenvalue weighted by molar-refractivity contribution is 5.99. The fourth-order valence-electron chi connectivity index (χ4n) is 3.53. The van der Waals surface area contributed by atoms with E-state index in [4.69, 9.17) is 0 Å². The Morgan fingerprint density at radius 3 is 2.40 bits per heavy atom. The predicted octanol–water partition coefficient (Wildman–Crippen LogP) is 2.78. The predicted molar refractivity (Wildman–Crippen MR) is 113 cm³/mol. The van der Waals surface area contributed by atoms with Crippen molar-refractivity contribution in [2.24, 2.45) is 0 Å². The lowest BCUT2D eigenvalue weighted by Gasteiger charge is -2.36. The molecule has 0 aromatic heterocycles. The number of hydrogen-bond donors (Lipinski definition) is 2. The molecule has 1 aliphatic heterocycles. The van der Waals surface area contributed by atoms with E-state index in [9.17, 15) is 18.4 Å². The van der Waals surface area contributed by atoms with Crippen LogP contribution in [0.5, 0.6) is 0 Å². The van der Waals surface area contributed by atoms with Crippen molar-refractivity contribution in [1.82, 2.24) is 10.2 Å². The second-order valence-corrected chi connectivity index (χ2v) is 7.28. The molecule has 2 N–H and O–H groups in total. The number of hydrogen-bond acceptors (Lipinski definition) is 4. The zero-order chi connectivity index (χ0) is 21.7. The fourth-order valence-corrected chi connectivity index (χ4v) is 3.53. The van der Waals surface area contributed by atoms with Crippen molar-refractivity contribution in [2.75, 3.05) is 49.5 Å². The molecule has 6 nitrogen and oxygen atoms in total. The zero-order valence-electron chi connectivity index (χ0n) is 17.2. The monoisotopic (exact) mass is 416 g/mol. The van der Waals surface area contributed by atoms with Crippen LogP contribution in [0, 0.1) is 18.6 Å². The summed E-state index contributed by atoms with van der Waals surface area (Å²) in [5.74, 6) is -2.96. The summed E-state index contributed by atoms with van der Waals surface area (Å²) in [6.45, 7) is 8.88. The molecule has 30 heavy (non-hydrogen) atoms. The molecule has 1 heterocycles. The van der Waals surface area contributed by atoms with E-state index in [2.05, 4.69) is 27.4 Å². The third-order valence-corrected chi connectivity index (χ3v) is 5.23. The first-order valence-electron chi connectivity index (χ1n) is 9.98. The van der Waals surface area contributed by atoms with Gasteiger partial charge in [0, 0.05) is 43.6 Å². The summed E-state index contributed by atoms with van der Waals surface area (Å²) in [5.41, 5.74) is 2.50. The minimum atomic E-state index is -0.973. The van der Waals surface area contributed by atoms with Gasteiger partial charge in [-0.25, -0.2) is 8.78 Å². The number of likely N-dealkylation sites (N-methyl/N-ethyl adjacent to an activating group) is 1. The maximum atomic E-state index is 13.6. The number of amides is 2. The third kappa shape index (κ3) is 5.33. The molecule has 0 unspecified atom stereocenters. The first kappa shape index (κ1) is 21.7. The molecular formula is C22H26F2N4O2. The Balaban J connectivity index is 1.54. The number of benzene rings is 2. The zero-order valence-corrected chi connectivity index (χ0v) is 17.2. The van der Waals surface area contributed by atoms with Crippen molar-refractivity contribution >= 4 is 23.2 Å². The Labute approximate surface area is 174 Å². The Bertz CT molecular complexity index is 927. The van der Waals surface area contributed by atoms with Crippen molar-refractivity contribution in [1.29, 1.82) is 0 Å². The van der Waals surface area contributed by atoms with Gasteiger partial charge >= 0.3 is 0 Å². The number of aryl methyl sites for hydroxylation is 1. The summed E-state index contributed by atoms with van der Waals surface area (Å²) in [7, 11) is 0. The highest BCUT2D eigenvalue weighted by Gasteiger charge is 2.18. The fraction of sp³-hybridized carbons (Fsp3) is 0.364. The number of anilines is 2. The van der Waals surface area contributed by atoms with E-state index < -0.39 is 23.4 Å². The summed E-state index contributed by atoms with van der Waals surface area (Å²) in [5, 5.41) is 5.07. The molecule has 3 rings (SSSR count). The molecule has 0 aliphatic carbocycles. The average Bonchev–Trinajstić information content (AvgIpc) is 2.72. The van der Waals surface area contributed by atoms with E-state index in [0.717, 1.165) is 56.1 Å². The Morgan fingerprint density at radius 2 is 1.77 bits per heavy atom. The van der Waals surface area contributed by atoms with Gasteiger partial charge in [0.2, 0.25) is 5.91 Å². The first-order valence-corrected chi connectivity index (χ1v) is 9.98. The molecule has 8 heteroatoms. The van der Waals surface area contributed by atoms with Gasteiger partial charge in [-0.05, 0) is 49.4 Å². The van der Waals surface area contributed by atoms with Gasteiger partial charge in [0.1, 0.15) is 11.6 Å². The smallest absolute Gasteiger partial charge is 0.254 e. The van der Waals surface area contributed by atoms with Crippen LogP contribution >= 0.6 is 0 Å². The van der Waals surface area contributed by atoms with E-state index in [1.165, 1.54) is 0 Å². The van der Waals surface area contributed by atoms with Gasteiger partial charge in [0.25, 0.3) is 5.91 Å². The van der Waals surface area contributed by atoms with Crippen LogP contribution < -0.4 is 15.5 Å². The number of carbonyl (C=O) groups is 2. The number of rotatable bonds is 6. The topological polar surface area (TPSA) is 64.7 Å². The normalized spacial score (nSPS) is 14.5. The quantitative estimate of drug-likeness (QED) is 0.760. The molecule has 0 bridgehead atoms. The number of piperazine rings is 1. The van der Waals surface area contributed by atoms with E-state index in [1.807, 2.05) is 25.1 Å². The van der Waals surface area contributed by atoms with Crippen LogP contribution in [0.1, 0.15) is 22.8 Å². The number of halogens is 2. The molecule has 0 radical (unpaired) electrons. The van der Waals surface area contributed by atoms with Crippen LogP contribution in [0.2, 0.25) is 0 Å². The molecule has 1 fully saturated rings. The molecule has 1 saturated heterocycles. The third-order valence-electron chi connectivity index (χ3n) is 5.23. The summed E-state index contributed by atoms with van der Waals surface area (Å²) >= 11 is 0. The van der Waals surface area contributed by atoms with Crippen molar-refractivity contribution in [2.45, 2.75) is 13.8 Å². The highest BCUT2D eigenvalue weighted by atomic mass is 19.1. The molecule has 0 atom stereocenters. The summed E-state index contributed by atoms with van der Waals surface area (Å²) in [6.07, 6.45) is 0. The van der Waals surface area contributed by atoms with E-state index in [0.29, 0.717) is 11.8 Å². The second-order valence-electron chi connectivity index (χ2n) is 7.28. The minimum absolute atomic E-state index is 0.312. The van der Waals surface area contributed by atoms with Gasteiger partial charge in [-0.15, -0.1) is 0 Å². The molecule has 2 amide bonds. The van der Waals surface area contributed by atoms with Crippen LogP contribution in [0.25, 0.3) is 0 Å². The van der Waals surface area contributed by atoms with Gasteiger partial charge < -0.3 is 20.4 Å². The van der Waals surface area contributed by atoms with Gasteiger partial charge in [-0.1, -0.05) is 6.92 Å². The summed E-state index contributed by atoms with van der Waals surface area (Å²) in [4.78, 5) is 28.9. The Kier molecular flexibility index (Phi) is 6.99. The molecule has 2 aromatic carbocycles. The lowest BCUT2D eigenvalue weighted by atomic mass is 10.1. The summed E-state index contributed by atoms with van der Waals surface area (Å²) in [6, 6.07) is 8.36. The van der Waals surface area contributed by atoms with Gasteiger partial charge in [-0.2, -0.15) is 0 Å². The molecule has 2 aromatic rings. The maximum Gasteiger partial charge on any atom is 0.254 e. The van der Waals surface area contributed by atoms with Crippen molar-refractivity contribution in [3.63, 3.8) is 0 Å². The van der Waals surface area contributed by atoms with E-state index >= 15 is 0 Å². The maximum absolute atomic E-state index is 13.6. The highest BCUT2D eigenvalue weighted by Crippen LogP contribution is 2.24. The SMILES string of the molecule is CCN1CCN(c2ccc(NC(=O)CNC(=O)c3ccc(F)cc3F)cc2C)CC1. The van der Waals surface area contributed by atoms with Crippen LogP contribution in [0.3, 0.4) is 0 Å². The largest absolute Gasteiger partial charge is 0.369 e. The minimum Gasteiger partial charge on any atom is -0.369 e. The average molecular weight is 416 g/mol. The van der Waals surface area contributed by atoms with Gasteiger partial charge in [-0.3, -0.25) is 9.59 Å². The number of nitrogens with one attached hydrogen (secondary N) is 2. The van der Waals surface area contributed by atoms with Gasteiger partial charge in [0.15, 0.2) is 0 Å². The van der Waals surface area contributed by atoms with Crippen molar-refractivity contribution in [3.8, 4) is 0 Å². The number of nitrogens with zero attached hydrogens (tertiary/aromatic N) is 2. The molecule has 160 valence electrons. The van der Waals surface area contributed by atoms with Crippen molar-refractivity contribution in [3.05, 3.63) is 59.2 Å². The molecular weight excluding hydrogens is 390 g/mol. The van der Waals surface area contributed by atoms with Crippen LogP contribution in [0.4, 0.5) is 20.2 Å². The standard InChI is InChI=1S/C22H26F2N4O2/c1-3-27-8-10-28(11-9-27)20-7-5-17(12-15(20)2)26-21(29)14-25-22(30)18-6-4-16(23)13-19(18)24/h4-7,12-13H,3,8-11,14H2,1-2H3,(H,25,30)(H,26,29). The lowest BCUT2D eigenvalue weighted by molar-refractivity contribution is -0.115. The van der Waals surface area contributed by atoms with E-state index in [-0.39, 0.29) is 12.1 Å². The van der Waals surface area contributed by atoms with Crippen LogP contribution in [0.15, 0.2) is 36.4 Å². The van der Waals surface area contributed by atoms with Crippen LogP contribution in [-0.2, 0) is 4.79 Å². The van der Waals surface area contributed by atoms with Crippen molar-refractivity contribution < 1.29 is 18.4 Å².